The van der Waals surface area contributed by atoms with E-state index in [0.717, 1.165) is 78.0 Å². The molecule has 7 nitrogen and oxygen atoms in total. The number of nitrogens with one attached hydrogen (secondary N) is 1. The van der Waals surface area contributed by atoms with Gasteiger partial charge in [0.25, 0.3) is 0 Å². The maximum Gasteiger partial charge on any atom is 0.134 e. The molecular weight excluding hydrogens is 378 g/mol. The Balaban J connectivity index is 1.46. The van der Waals surface area contributed by atoms with Crippen molar-refractivity contribution in [1.29, 1.82) is 0 Å². The average Bonchev–Trinajstić information content (AvgIpc) is 2.79. The number of hydrogen-bond acceptors (Lipinski definition) is 7. The molecule has 0 atom stereocenters. The van der Waals surface area contributed by atoms with Crippen molar-refractivity contribution in [2.45, 2.75) is 26.3 Å². The Bertz CT molecular complexity index is 985. The molecule has 30 heavy (non-hydrogen) atoms. The summed E-state index contributed by atoms with van der Waals surface area (Å²) in [5.74, 6) is 3.48. The molecule has 0 fully saturated rings. The molecule has 3 aromatic rings. The van der Waals surface area contributed by atoms with Gasteiger partial charge < -0.3 is 19.7 Å². The molecule has 0 radical (unpaired) electrons. The number of methoxy groups -OCH3 is 2. The fourth-order valence-electron chi connectivity index (χ4n) is 3.67. The Labute approximate surface area is 177 Å². The molecule has 0 unspecified atom stereocenters. The van der Waals surface area contributed by atoms with Crippen LogP contribution >= 0.6 is 0 Å². The third kappa shape index (κ3) is 4.45. The highest BCUT2D eigenvalue weighted by Crippen LogP contribution is 2.27. The van der Waals surface area contributed by atoms with Crippen molar-refractivity contribution in [1.82, 2.24) is 15.0 Å². The van der Waals surface area contributed by atoms with Gasteiger partial charge in [-0.25, -0.2) is 15.0 Å². The predicted molar refractivity (Wildman–Crippen MR) is 117 cm³/mol. The van der Waals surface area contributed by atoms with Crippen LogP contribution in [0, 0.1) is 6.92 Å². The minimum absolute atomic E-state index is 0.752. The van der Waals surface area contributed by atoms with Gasteiger partial charge in [-0.1, -0.05) is 6.07 Å². The van der Waals surface area contributed by atoms with Crippen LogP contribution in [-0.2, 0) is 19.4 Å². The fourth-order valence-corrected chi connectivity index (χ4v) is 3.67. The molecule has 156 valence electrons. The summed E-state index contributed by atoms with van der Waals surface area (Å²) < 4.78 is 10.7. The zero-order chi connectivity index (χ0) is 20.9. The molecule has 1 aliphatic rings. The van der Waals surface area contributed by atoms with E-state index in [-0.39, 0.29) is 0 Å². The van der Waals surface area contributed by atoms with Crippen molar-refractivity contribution in [3.63, 3.8) is 0 Å². The molecule has 7 heteroatoms. The molecule has 4 rings (SSSR count). The van der Waals surface area contributed by atoms with Crippen LogP contribution in [0.5, 0.6) is 11.5 Å². The van der Waals surface area contributed by atoms with E-state index in [1.165, 1.54) is 0 Å². The van der Waals surface area contributed by atoms with Gasteiger partial charge in [0.15, 0.2) is 0 Å². The summed E-state index contributed by atoms with van der Waals surface area (Å²) >= 11 is 0. The van der Waals surface area contributed by atoms with Crippen molar-refractivity contribution < 1.29 is 9.47 Å². The predicted octanol–water partition coefficient (Wildman–Crippen LogP) is 3.41. The van der Waals surface area contributed by atoms with E-state index in [2.05, 4.69) is 44.2 Å². The van der Waals surface area contributed by atoms with Gasteiger partial charge >= 0.3 is 0 Å². The topological polar surface area (TPSA) is 72.4 Å². The number of benzene rings is 1. The van der Waals surface area contributed by atoms with Crippen molar-refractivity contribution in [3.05, 3.63) is 65.2 Å². The van der Waals surface area contributed by atoms with E-state index in [9.17, 15) is 0 Å². The van der Waals surface area contributed by atoms with E-state index in [1.807, 2.05) is 24.4 Å². The van der Waals surface area contributed by atoms with Crippen LogP contribution in [0.15, 0.2) is 42.9 Å². The molecular formula is C23H27N5O2. The van der Waals surface area contributed by atoms with Gasteiger partial charge in [-0.3, -0.25) is 0 Å². The number of pyridine rings is 1. The molecule has 2 aromatic heterocycles. The number of anilines is 2. The van der Waals surface area contributed by atoms with Crippen LogP contribution in [0.4, 0.5) is 11.6 Å². The lowest BCUT2D eigenvalue weighted by atomic mass is 10.1. The summed E-state index contributed by atoms with van der Waals surface area (Å²) in [7, 11) is 3.33. The summed E-state index contributed by atoms with van der Waals surface area (Å²) in [6.07, 6.45) is 5.27. The van der Waals surface area contributed by atoms with Crippen LogP contribution < -0.4 is 19.7 Å². The number of ether oxygens (including phenoxy) is 2. The van der Waals surface area contributed by atoms with E-state index in [1.54, 1.807) is 20.5 Å². The first-order chi connectivity index (χ1) is 14.7. The standard InChI is InChI=1S/C23H27N5O2/c1-16-4-5-22(25-13-16)28-9-7-21-20(14-28)23(27-15-26-21)24-8-6-17-10-18(29-2)12-19(11-17)30-3/h4-5,10-13,15H,6-9,14H2,1-3H3,(H,24,26,27). The SMILES string of the molecule is COc1cc(CCNc2ncnc3c2CN(c2ccc(C)cn2)CC3)cc(OC)c1. The molecule has 1 N–H and O–H groups in total. The van der Waals surface area contributed by atoms with E-state index in [4.69, 9.17) is 9.47 Å². The number of aromatic nitrogens is 3. The molecule has 0 saturated carbocycles. The minimum atomic E-state index is 0.752. The van der Waals surface area contributed by atoms with Gasteiger partial charge in [0.05, 0.1) is 19.9 Å². The number of fused-ring (bicyclic) bond motifs is 1. The largest absolute Gasteiger partial charge is 0.497 e. The fraction of sp³-hybridized carbons (Fsp3) is 0.348. The second-order valence-corrected chi connectivity index (χ2v) is 7.41. The highest BCUT2D eigenvalue weighted by Gasteiger charge is 2.22. The lowest BCUT2D eigenvalue weighted by Gasteiger charge is -2.30. The summed E-state index contributed by atoms with van der Waals surface area (Å²) in [4.78, 5) is 15.9. The highest BCUT2D eigenvalue weighted by atomic mass is 16.5. The zero-order valence-corrected chi connectivity index (χ0v) is 17.7. The van der Waals surface area contributed by atoms with Crippen LogP contribution in [0.1, 0.15) is 22.4 Å². The molecule has 1 aromatic carbocycles. The lowest BCUT2D eigenvalue weighted by Crippen LogP contribution is -2.32. The third-order valence-corrected chi connectivity index (χ3v) is 5.34. The molecule has 0 saturated heterocycles. The lowest BCUT2D eigenvalue weighted by molar-refractivity contribution is 0.393. The summed E-state index contributed by atoms with van der Waals surface area (Å²) in [6, 6.07) is 10.1. The zero-order valence-electron chi connectivity index (χ0n) is 17.7. The van der Waals surface area contributed by atoms with Gasteiger partial charge in [-0.15, -0.1) is 0 Å². The molecule has 0 aliphatic carbocycles. The Hall–Kier alpha value is -3.35. The smallest absolute Gasteiger partial charge is 0.134 e. The summed E-state index contributed by atoms with van der Waals surface area (Å²) in [5.41, 5.74) is 4.57. The maximum absolute atomic E-state index is 5.37. The van der Waals surface area contributed by atoms with Crippen LogP contribution in [0.3, 0.4) is 0 Å². The Morgan fingerprint density at radius 1 is 1.03 bits per heavy atom. The van der Waals surface area contributed by atoms with Crippen molar-refractivity contribution in [2.24, 2.45) is 0 Å². The molecule has 0 bridgehead atoms. The van der Waals surface area contributed by atoms with Crippen molar-refractivity contribution in [2.75, 3.05) is 37.5 Å². The van der Waals surface area contributed by atoms with Crippen LogP contribution in [0.25, 0.3) is 0 Å². The molecule has 0 amide bonds. The average molecular weight is 406 g/mol. The van der Waals surface area contributed by atoms with Crippen molar-refractivity contribution in [3.8, 4) is 11.5 Å². The first kappa shape index (κ1) is 19.9. The van der Waals surface area contributed by atoms with E-state index < -0.39 is 0 Å². The van der Waals surface area contributed by atoms with Gasteiger partial charge in [0.2, 0.25) is 0 Å². The number of aryl methyl sites for hydroxylation is 1. The first-order valence-corrected chi connectivity index (χ1v) is 10.1. The second kappa shape index (κ2) is 8.98. The van der Waals surface area contributed by atoms with Crippen LogP contribution in [0.2, 0.25) is 0 Å². The third-order valence-electron chi connectivity index (χ3n) is 5.34. The maximum atomic E-state index is 5.37. The summed E-state index contributed by atoms with van der Waals surface area (Å²) in [5, 5.41) is 3.50. The number of nitrogens with zero attached hydrogens (tertiary/aromatic N) is 4. The molecule has 3 heterocycles. The minimum Gasteiger partial charge on any atom is -0.497 e. The quantitative estimate of drug-likeness (QED) is 0.646. The van der Waals surface area contributed by atoms with Gasteiger partial charge in [0, 0.05) is 43.9 Å². The summed E-state index contributed by atoms with van der Waals surface area (Å²) in [6.45, 7) is 4.46. The highest BCUT2D eigenvalue weighted by molar-refractivity contribution is 5.52. The normalized spacial score (nSPS) is 13.0. The molecule has 0 spiro atoms. The monoisotopic (exact) mass is 405 g/mol. The van der Waals surface area contributed by atoms with Crippen LogP contribution in [-0.4, -0.2) is 42.3 Å². The van der Waals surface area contributed by atoms with E-state index in [0.29, 0.717) is 0 Å². The Kier molecular flexibility index (Phi) is 5.97. The number of rotatable bonds is 7. The van der Waals surface area contributed by atoms with Gasteiger partial charge in [-0.05, 0) is 42.7 Å². The first-order valence-electron chi connectivity index (χ1n) is 10.1. The van der Waals surface area contributed by atoms with Crippen molar-refractivity contribution >= 4 is 11.6 Å². The Morgan fingerprint density at radius 3 is 2.53 bits per heavy atom. The number of hydrogen-bond donors (Lipinski definition) is 1. The second-order valence-electron chi connectivity index (χ2n) is 7.41. The Morgan fingerprint density at radius 2 is 1.83 bits per heavy atom. The van der Waals surface area contributed by atoms with E-state index >= 15 is 0 Å². The molecule has 1 aliphatic heterocycles. The van der Waals surface area contributed by atoms with Gasteiger partial charge in [-0.2, -0.15) is 0 Å². The van der Waals surface area contributed by atoms with Gasteiger partial charge in [0.1, 0.15) is 29.5 Å².